The van der Waals surface area contributed by atoms with Crippen molar-refractivity contribution in [2.24, 2.45) is 0 Å². The van der Waals surface area contributed by atoms with Crippen LogP contribution >= 0.6 is 11.3 Å². The molecule has 0 fully saturated rings. The van der Waals surface area contributed by atoms with Crippen LogP contribution in [0.1, 0.15) is 26.4 Å². The lowest BCUT2D eigenvalue weighted by atomic mass is 10.1. The van der Waals surface area contributed by atoms with Crippen molar-refractivity contribution in [3.05, 3.63) is 50.1 Å². The molecule has 9 nitrogen and oxygen atoms in total. The second-order valence-corrected chi connectivity index (χ2v) is 6.87. The number of carbonyl (C=O) groups excluding carboxylic acids is 2. The molecule has 3 heterocycles. The molecule has 3 rings (SSSR count). The van der Waals surface area contributed by atoms with Gasteiger partial charge in [0.15, 0.2) is 11.4 Å². The molecule has 0 aromatic carbocycles. The van der Waals surface area contributed by atoms with Crippen molar-refractivity contribution in [1.29, 1.82) is 0 Å². The van der Waals surface area contributed by atoms with Gasteiger partial charge in [0, 0.05) is 33.4 Å². The van der Waals surface area contributed by atoms with E-state index in [1.165, 1.54) is 34.2 Å². The minimum Gasteiger partial charge on any atom is -0.502 e. The van der Waals surface area contributed by atoms with Crippen molar-refractivity contribution in [2.75, 3.05) is 39.0 Å². The highest BCUT2D eigenvalue weighted by molar-refractivity contribution is 7.07. The number of hydrogen-bond donors (Lipinski definition) is 2. The van der Waals surface area contributed by atoms with Crippen molar-refractivity contribution in [1.82, 2.24) is 14.9 Å². The highest BCUT2D eigenvalue weighted by atomic mass is 32.1. The Labute approximate surface area is 159 Å². The van der Waals surface area contributed by atoms with E-state index in [4.69, 9.17) is 4.74 Å². The molecule has 144 valence electrons. The van der Waals surface area contributed by atoms with Crippen LogP contribution in [-0.4, -0.2) is 60.5 Å². The van der Waals surface area contributed by atoms with Crippen molar-refractivity contribution in [2.45, 2.75) is 6.54 Å². The second-order valence-electron chi connectivity index (χ2n) is 6.09. The number of rotatable bonds is 6. The van der Waals surface area contributed by atoms with Gasteiger partial charge in [0.05, 0.1) is 6.61 Å². The van der Waals surface area contributed by atoms with Gasteiger partial charge >= 0.3 is 0 Å². The molecule has 2 aromatic rings. The van der Waals surface area contributed by atoms with Gasteiger partial charge in [0.2, 0.25) is 5.43 Å². The maximum atomic E-state index is 12.6. The molecule has 1 aliphatic heterocycles. The monoisotopic (exact) mass is 392 g/mol. The van der Waals surface area contributed by atoms with E-state index in [2.05, 4.69) is 5.32 Å². The van der Waals surface area contributed by atoms with Crippen LogP contribution in [-0.2, 0) is 11.3 Å². The van der Waals surface area contributed by atoms with Crippen LogP contribution in [0.25, 0.3) is 0 Å². The third-order valence-corrected chi connectivity index (χ3v) is 4.97. The van der Waals surface area contributed by atoms with E-state index in [-0.39, 0.29) is 24.5 Å². The Morgan fingerprint density at radius 1 is 1.41 bits per heavy atom. The lowest BCUT2D eigenvalue weighted by Gasteiger charge is -2.37. The van der Waals surface area contributed by atoms with Gasteiger partial charge in [-0.2, -0.15) is 11.3 Å². The van der Waals surface area contributed by atoms with Crippen molar-refractivity contribution in [3.63, 3.8) is 0 Å². The van der Waals surface area contributed by atoms with Gasteiger partial charge in [-0.3, -0.25) is 24.1 Å². The molecule has 0 bridgehead atoms. The van der Waals surface area contributed by atoms with Gasteiger partial charge in [0.25, 0.3) is 11.8 Å². The van der Waals surface area contributed by atoms with Crippen LogP contribution < -0.4 is 15.8 Å². The number of aromatic hydroxyl groups is 1. The topological polar surface area (TPSA) is 104 Å². The van der Waals surface area contributed by atoms with Gasteiger partial charge in [-0.15, -0.1) is 0 Å². The second kappa shape index (κ2) is 7.80. The highest BCUT2D eigenvalue weighted by Crippen LogP contribution is 2.20. The van der Waals surface area contributed by atoms with Crippen molar-refractivity contribution >= 4 is 23.2 Å². The zero-order valence-corrected chi connectivity index (χ0v) is 15.8. The van der Waals surface area contributed by atoms with E-state index in [1.54, 1.807) is 12.1 Å². The molecule has 0 spiro atoms. The summed E-state index contributed by atoms with van der Waals surface area (Å²) in [4.78, 5) is 39.0. The molecule has 0 saturated heterocycles. The van der Waals surface area contributed by atoms with Crippen LogP contribution in [0.2, 0.25) is 0 Å². The van der Waals surface area contributed by atoms with Crippen LogP contribution in [0.4, 0.5) is 0 Å². The molecular weight excluding hydrogens is 372 g/mol. The fourth-order valence-electron chi connectivity index (χ4n) is 2.79. The summed E-state index contributed by atoms with van der Waals surface area (Å²) in [5.41, 5.74) is -0.355. The first-order chi connectivity index (χ1) is 12.9. The smallest absolute Gasteiger partial charge is 0.277 e. The quantitative estimate of drug-likeness (QED) is 0.727. The standard InChI is InChI=1S/C17H20N4O5S/c1-19-10-20(4-5-26-2)17(25)13-15(23)14(22)12(8-21(13)19)16(24)18-7-11-3-6-27-9-11/h3,6,8-9,23H,4-5,7,10H2,1-2H3,(H,18,24). The number of hydrogen-bond acceptors (Lipinski definition) is 7. The molecule has 0 atom stereocenters. The summed E-state index contributed by atoms with van der Waals surface area (Å²) in [6, 6.07) is 1.86. The summed E-state index contributed by atoms with van der Waals surface area (Å²) in [5, 5.41) is 18.4. The van der Waals surface area contributed by atoms with E-state index in [9.17, 15) is 19.5 Å². The summed E-state index contributed by atoms with van der Waals surface area (Å²) >= 11 is 1.50. The molecule has 27 heavy (non-hydrogen) atoms. The molecule has 0 unspecified atom stereocenters. The molecule has 1 aliphatic rings. The van der Waals surface area contributed by atoms with Crippen LogP contribution in [0.5, 0.6) is 5.75 Å². The van der Waals surface area contributed by atoms with E-state index >= 15 is 0 Å². The molecule has 2 N–H and O–H groups in total. The summed E-state index contributed by atoms with van der Waals surface area (Å²) in [6.45, 7) is 1.14. The molecule has 0 radical (unpaired) electrons. The number of ether oxygens (including phenoxy) is 1. The molecule has 2 amide bonds. The number of methoxy groups -OCH3 is 1. The Balaban J connectivity index is 1.90. The summed E-state index contributed by atoms with van der Waals surface area (Å²) in [5.74, 6) is -1.85. The Bertz CT molecular complexity index is 909. The minimum absolute atomic E-state index is 0.167. The van der Waals surface area contributed by atoms with Crippen molar-refractivity contribution in [3.8, 4) is 5.75 Å². The van der Waals surface area contributed by atoms with E-state index in [0.717, 1.165) is 5.56 Å². The predicted octanol–water partition coefficient (Wildman–Crippen LogP) is 0.173. The van der Waals surface area contributed by atoms with Crippen LogP contribution in [0.3, 0.4) is 0 Å². The predicted molar refractivity (Wildman–Crippen MR) is 99.8 cm³/mol. The maximum Gasteiger partial charge on any atom is 0.277 e. The average molecular weight is 392 g/mol. The Hall–Kier alpha value is -2.85. The summed E-state index contributed by atoms with van der Waals surface area (Å²) < 4.78 is 6.32. The first kappa shape index (κ1) is 18.9. The number of carbonyl (C=O) groups is 2. The van der Waals surface area contributed by atoms with E-state index in [1.807, 2.05) is 16.8 Å². The Kier molecular flexibility index (Phi) is 5.47. The molecule has 0 aliphatic carbocycles. The van der Waals surface area contributed by atoms with Crippen LogP contribution in [0.15, 0.2) is 27.8 Å². The molecule has 10 heteroatoms. The molecule has 0 saturated carbocycles. The van der Waals surface area contributed by atoms with E-state index < -0.39 is 23.0 Å². The largest absolute Gasteiger partial charge is 0.502 e. The Morgan fingerprint density at radius 2 is 2.19 bits per heavy atom. The van der Waals surface area contributed by atoms with Gasteiger partial charge < -0.3 is 20.1 Å². The third-order valence-electron chi connectivity index (χ3n) is 4.24. The fraction of sp³-hybridized carbons (Fsp3) is 0.353. The zero-order chi connectivity index (χ0) is 19.6. The lowest BCUT2D eigenvalue weighted by molar-refractivity contribution is 0.0629. The highest BCUT2D eigenvalue weighted by Gasteiger charge is 2.32. The number of aromatic nitrogens is 1. The number of thiophene rings is 1. The third kappa shape index (κ3) is 3.67. The van der Waals surface area contributed by atoms with E-state index in [0.29, 0.717) is 13.2 Å². The van der Waals surface area contributed by atoms with Crippen molar-refractivity contribution < 1.29 is 19.4 Å². The van der Waals surface area contributed by atoms with Crippen LogP contribution in [0, 0.1) is 0 Å². The number of amides is 2. The van der Waals surface area contributed by atoms with Gasteiger partial charge in [-0.1, -0.05) is 0 Å². The minimum atomic E-state index is -0.876. The molecular formula is C17H20N4O5S. The number of pyridine rings is 1. The van der Waals surface area contributed by atoms with Gasteiger partial charge in [-0.05, 0) is 22.4 Å². The SMILES string of the molecule is COCCN1CN(C)n2cc(C(=O)NCc3ccsc3)c(=O)c(O)c2C1=O. The normalized spacial score (nSPS) is 13.6. The Morgan fingerprint density at radius 3 is 2.85 bits per heavy atom. The average Bonchev–Trinajstić information content (AvgIpc) is 3.17. The number of nitrogens with one attached hydrogen (secondary N) is 1. The number of fused-ring (bicyclic) bond motifs is 1. The maximum absolute atomic E-state index is 12.6. The fourth-order valence-corrected chi connectivity index (χ4v) is 3.46. The summed E-state index contributed by atoms with van der Waals surface area (Å²) in [6.07, 6.45) is 1.28. The first-order valence-corrected chi connectivity index (χ1v) is 9.15. The van der Waals surface area contributed by atoms with Gasteiger partial charge in [0.1, 0.15) is 12.2 Å². The number of nitrogens with zero attached hydrogens (tertiary/aromatic N) is 3. The first-order valence-electron chi connectivity index (χ1n) is 8.21. The lowest BCUT2D eigenvalue weighted by Crippen LogP contribution is -2.53. The van der Waals surface area contributed by atoms with Gasteiger partial charge in [-0.25, -0.2) is 0 Å². The summed E-state index contributed by atoms with van der Waals surface area (Å²) in [7, 11) is 3.21. The molecule has 2 aromatic heterocycles. The zero-order valence-electron chi connectivity index (χ0n) is 15.0.